The normalized spacial score (nSPS) is 11.6. The van der Waals surface area contributed by atoms with Gasteiger partial charge in [0, 0.05) is 7.09 Å². The highest BCUT2D eigenvalue weighted by atomic mass is 16.5. The Hall–Kier alpha value is -0.830. The van der Waals surface area contributed by atoms with E-state index in [0.29, 0.717) is 5.57 Å². The summed E-state index contributed by atoms with van der Waals surface area (Å²) in [5.74, 6) is -0.483. The highest BCUT2D eigenvalue weighted by Gasteiger charge is 2.01. The summed E-state index contributed by atoms with van der Waals surface area (Å²) in [5.41, 5.74) is 0.556. The predicted molar refractivity (Wildman–Crippen MR) is 37.6 cm³/mol. The molecule has 0 aromatic heterocycles. The molecule has 0 radical (unpaired) electrons. The second-order valence-electron chi connectivity index (χ2n) is 1.79. The molecule has 0 saturated carbocycles. The minimum Gasteiger partial charge on any atom is -0.469 e. The predicted octanol–water partition coefficient (Wildman–Crippen LogP) is 0.752. The summed E-state index contributed by atoms with van der Waals surface area (Å²) < 4.78 is 22.3. The lowest BCUT2D eigenvalue weighted by Crippen LogP contribution is -2.04. The molecule has 3 nitrogen and oxygen atoms in total. The van der Waals surface area contributed by atoms with Gasteiger partial charge in [0.1, 0.15) is 0 Å². The lowest BCUT2D eigenvalue weighted by Gasteiger charge is -2.01. The molecule has 0 amide bonds. The molecule has 0 bridgehead atoms. The van der Waals surface area contributed by atoms with Gasteiger partial charge in [0.05, 0.1) is 22.9 Å². The zero-order valence-corrected chi connectivity index (χ0v) is 5.76. The number of hydrogen-bond donors (Lipinski definition) is 0. The molecule has 0 atom stereocenters. The summed E-state index contributed by atoms with van der Waals surface area (Å²) in [5, 5.41) is 0. The Morgan fingerprint density at radius 3 is 3.10 bits per heavy atom. The zero-order chi connectivity index (χ0) is 9.40. The second-order valence-corrected chi connectivity index (χ2v) is 1.79. The summed E-state index contributed by atoms with van der Waals surface area (Å²) in [6.45, 7) is 3.74. The van der Waals surface area contributed by atoms with Crippen LogP contribution in [0.4, 0.5) is 0 Å². The Balaban J connectivity index is 3.47. The van der Waals surface area contributed by atoms with E-state index >= 15 is 0 Å². The van der Waals surface area contributed by atoms with E-state index in [1.54, 1.807) is 0 Å². The van der Waals surface area contributed by atoms with Gasteiger partial charge in [0.2, 0.25) is 0 Å². The summed E-state index contributed by atoms with van der Waals surface area (Å²) in [4.78, 5) is 10.7. The van der Waals surface area contributed by atoms with Crippen LogP contribution in [0.25, 0.3) is 0 Å². The fourth-order valence-electron chi connectivity index (χ4n) is 0.451. The molecular formula is C7H12O3. The standard InChI is InChI=1S/C7H12O3/c1-6(5-9-2)4-7(8)10-3/h1,4-5H2,2-3H3/i2T,3T. The van der Waals surface area contributed by atoms with Crippen LogP contribution in [0.15, 0.2) is 12.2 Å². The molecule has 0 spiro atoms. The van der Waals surface area contributed by atoms with Crippen LogP contribution in [0.5, 0.6) is 0 Å². The van der Waals surface area contributed by atoms with Gasteiger partial charge >= 0.3 is 5.97 Å². The first-order valence-corrected chi connectivity index (χ1v) is 2.69. The number of carbonyl (C=O) groups is 1. The van der Waals surface area contributed by atoms with Gasteiger partial charge in [-0.05, 0) is 5.57 Å². The monoisotopic (exact) mass is 148 g/mol. The smallest absolute Gasteiger partial charge is 0.309 e. The molecule has 0 aliphatic carbocycles. The van der Waals surface area contributed by atoms with Crippen molar-refractivity contribution < 1.29 is 17.0 Å². The van der Waals surface area contributed by atoms with Crippen LogP contribution in [-0.2, 0) is 14.3 Å². The number of carbonyl (C=O) groups excluding carboxylic acids is 1. The van der Waals surface area contributed by atoms with E-state index in [1.807, 2.05) is 0 Å². The van der Waals surface area contributed by atoms with Gasteiger partial charge in [0.15, 0.2) is 0 Å². The van der Waals surface area contributed by atoms with Gasteiger partial charge in [-0.25, -0.2) is 0 Å². The van der Waals surface area contributed by atoms with E-state index in [1.165, 1.54) is 0 Å². The average molecular weight is 148 g/mol. The Morgan fingerprint density at radius 2 is 2.50 bits per heavy atom. The average Bonchev–Trinajstić information content (AvgIpc) is 2.01. The van der Waals surface area contributed by atoms with Crippen molar-refractivity contribution in [2.75, 3.05) is 20.8 Å². The van der Waals surface area contributed by atoms with Crippen molar-refractivity contribution in [1.29, 1.82) is 0 Å². The first-order valence-electron chi connectivity index (χ1n) is 4.10. The molecule has 0 N–H and O–H groups in total. The maximum Gasteiger partial charge on any atom is 0.309 e. The van der Waals surface area contributed by atoms with Gasteiger partial charge in [-0.1, -0.05) is 6.58 Å². The fourth-order valence-corrected chi connectivity index (χ4v) is 0.451. The maximum absolute atomic E-state index is 10.7. The number of hydrogen-bond acceptors (Lipinski definition) is 3. The Kier molecular flexibility index (Phi) is 2.96. The van der Waals surface area contributed by atoms with Crippen molar-refractivity contribution >= 4 is 5.97 Å². The highest BCUT2D eigenvalue weighted by molar-refractivity contribution is 5.72. The van der Waals surface area contributed by atoms with E-state index in [0.717, 1.165) is 0 Å². The van der Waals surface area contributed by atoms with E-state index in [9.17, 15) is 4.79 Å². The summed E-state index contributed by atoms with van der Waals surface area (Å²) in [6, 6.07) is 0. The van der Waals surface area contributed by atoms with Crippen LogP contribution in [0, 0.1) is 0 Å². The molecule has 58 valence electrons. The Morgan fingerprint density at radius 1 is 1.70 bits per heavy atom. The van der Waals surface area contributed by atoms with Crippen LogP contribution in [-0.4, -0.2) is 26.7 Å². The third-order valence-corrected chi connectivity index (χ3v) is 0.862. The second kappa shape index (κ2) is 4.99. The van der Waals surface area contributed by atoms with Crippen molar-refractivity contribution in [1.82, 2.24) is 0 Å². The third-order valence-electron chi connectivity index (χ3n) is 0.862. The van der Waals surface area contributed by atoms with Gasteiger partial charge in [-0.3, -0.25) is 4.79 Å². The first kappa shape index (κ1) is 5.92. The van der Waals surface area contributed by atoms with Crippen molar-refractivity contribution in [3.05, 3.63) is 12.2 Å². The van der Waals surface area contributed by atoms with E-state index in [2.05, 4.69) is 16.1 Å². The SMILES string of the molecule is [3H]COCC(=C)CC(=O)OC[3H]. The molecule has 0 fully saturated rings. The molecule has 0 aliphatic heterocycles. The van der Waals surface area contributed by atoms with Crippen molar-refractivity contribution in [2.45, 2.75) is 6.42 Å². The summed E-state index contributed by atoms with van der Waals surface area (Å²) in [6.07, 6.45) is 0.0544. The third kappa shape index (κ3) is 4.09. The number of esters is 1. The van der Waals surface area contributed by atoms with Crippen LogP contribution in [0.3, 0.4) is 0 Å². The molecule has 0 aliphatic rings. The molecule has 0 rings (SSSR count). The molecule has 0 aromatic rings. The van der Waals surface area contributed by atoms with Crippen LogP contribution in [0.2, 0.25) is 0 Å². The lowest BCUT2D eigenvalue weighted by atomic mass is 10.2. The van der Waals surface area contributed by atoms with E-state index in [-0.39, 0.29) is 27.2 Å². The van der Waals surface area contributed by atoms with Crippen LogP contribution in [0.1, 0.15) is 9.16 Å². The summed E-state index contributed by atoms with van der Waals surface area (Å²) >= 11 is 0. The zero-order valence-electron chi connectivity index (χ0n) is 7.76. The van der Waals surface area contributed by atoms with E-state index in [4.69, 9.17) is 2.74 Å². The van der Waals surface area contributed by atoms with Crippen molar-refractivity contribution in [3.63, 3.8) is 0 Å². The topological polar surface area (TPSA) is 35.5 Å². The lowest BCUT2D eigenvalue weighted by molar-refractivity contribution is -0.139. The Bertz CT molecular complexity index is 159. The van der Waals surface area contributed by atoms with Gasteiger partial charge < -0.3 is 9.47 Å². The van der Waals surface area contributed by atoms with Gasteiger partial charge in [-0.15, -0.1) is 0 Å². The Labute approximate surface area is 63.4 Å². The first-order chi connectivity index (χ1) is 5.70. The van der Waals surface area contributed by atoms with Gasteiger partial charge in [-0.2, -0.15) is 0 Å². The highest BCUT2D eigenvalue weighted by Crippen LogP contribution is 1.98. The van der Waals surface area contributed by atoms with E-state index < -0.39 is 5.97 Å². The molecule has 0 heterocycles. The fraction of sp³-hybridized carbons (Fsp3) is 0.571. The summed E-state index contributed by atoms with van der Waals surface area (Å²) in [7, 11) is -0.516. The minimum atomic E-state index is -0.483. The molecule has 0 aromatic carbocycles. The molecule has 0 unspecified atom stereocenters. The van der Waals surface area contributed by atoms with Crippen LogP contribution < -0.4 is 0 Å². The van der Waals surface area contributed by atoms with Gasteiger partial charge in [0.25, 0.3) is 0 Å². The molecular weight excluding hydrogens is 132 g/mol. The van der Waals surface area contributed by atoms with Crippen LogP contribution >= 0.6 is 0 Å². The number of methoxy groups -OCH3 is 2. The van der Waals surface area contributed by atoms with Crippen molar-refractivity contribution in [2.24, 2.45) is 0 Å². The molecule has 10 heavy (non-hydrogen) atoms. The largest absolute Gasteiger partial charge is 0.469 e. The number of ether oxygens (including phenoxy) is 2. The quantitative estimate of drug-likeness (QED) is 0.436. The molecule has 0 saturated heterocycles. The molecule has 3 heteroatoms. The maximum atomic E-state index is 10.7. The van der Waals surface area contributed by atoms with Crippen molar-refractivity contribution in [3.8, 4) is 0 Å². The minimum absolute atomic E-state index is 0.0544. The number of rotatable bonds is 4.